The fraction of sp³-hybridized carbons (Fsp3) is 0.238. The Kier molecular flexibility index (Phi) is 4.80. The number of thioether (sulfide) groups is 1. The number of amidine groups is 1. The van der Waals surface area contributed by atoms with Crippen LogP contribution in [0, 0.1) is 6.92 Å². The summed E-state index contributed by atoms with van der Waals surface area (Å²) in [5.74, 6) is 1.81. The monoisotopic (exact) mass is 364 g/mol. The average molecular weight is 364 g/mol. The minimum atomic E-state index is -0.00169. The Morgan fingerprint density at radius 3 is 2.88 bits per heavy atom. The highest BCUT2D eigenvalue weighted by atomic mass is 32.2. The zero-order chi connectivity index (χ0) is 17.9. The lowest BCUT2D eigenvalue weighted by Crippen LogP contribution is -2.34. The summed E-state index contributed by atoms with van der Waals surface area (Å²) in [4.78, 5) is 18.7. The standard InChI is InChI=1S/C21H20N2O2S/c1-15-6-8-16(9-7-15)14-25-18-5-2-4-17(12-18)13-19-20(24)23-10-3-11-26-21(23)22-19/h2,4-9,12-13H,3,10-11,14H2,1H3/b19-13-. The smallest absolute Gasteiger partial charge is 0.278 e. The van der Waals surface area contributed by atoms with E-state index in [1.807, 2.05) is 30.3 Å². The SMILES string of the molecule is Cc1ccc(COc2cccc(/C=C3\N=C4SCCCN4C3=O)c2)cc1. The molecular formula is C21H20N2O2S. The number of aryl methyl sites for hydroxylation is 1. The maximum absolute atomic E-state index is 12.5. The largest absolute Gasteiger partial charge is 0.489 e. The number of fused-ring (bicyclic) bond motifs is 1. The van der Waals surface area contributed by atoms with Crippen LogP contribution < -0.4 is 4.74 Å². The van der Waals surface area contributed by atoms with E-state index >= 15 is 0 Å². The molecule has 1 amide bonds. The van der Waals surface area contributed by atoms with Crippen LogP contribution in [0.2, 0.25) is 0 Å². The Morgan fingerprint density at radius 1 is 1.23 bits per heavy atom. The lowest BCUT2D eigenvalue weighted by molar-refractivity contribution is -0.122. The fourth-order valence-corrected chi connectivity index (χ4v) is 3.88. The fourth-order valence-electron chi connectivity index (χ4n) is 2.93. The summed E-state index contributed by atoms with van der Waals surface area (Å²) >= 11 is 1.65. The van der Waals surface area contributed by atoms with Gasteiger partial charge >= 0.3 is 0 Å². The molecular weight excluding hydrogens is 344 g/mol. The summed E-state index contributed by atoms with van der Waals surface area (Å²) in [6.07, 6.45) is 2.86. The van der Waals surface area contributed by atoms with Crippen molar-refractivity contribution in [2.24, 2.45) is 4.99 Å². The van der Waals surface area contributed by atoms with E-state index in [4.69, 9.17) is 4.74 Å². The van der Waals surface area contributed by atoms with Crippen LogP contribution in [0.15, 0.2) is 59.2 Å². The predicted molar refractivity (Wildman–Crippen MR) is 106 cm³/mol. The van der Waals surface area contributed by atoms with Gasteiger partial charge in [-0.3, -0.25) is 9.69 Å². The summed E-state index contributed by atoms with van der Waals surface area (Å²) in [6.45, 7) is 3.36. The molecule has 1 fully saturated rings. The second-order valence-electron chi connectivity index (χ2n) is 6.43. The van der Waals surface area contributed by atoms with Crippen molar-refractivity contribution in [1.82, 2.24) is 4.90 Å². The molecule has 2 heterocycles. The molecule has 0 unspecified atom stereocenters. The average Bonchev–Trinajstić information content (AvgIpc) is 2.98. The van der Waals surface area contributed by atoms with Gasteiger partial charge in [-0.25, -0.2) is 4.99 Å². The zero-order valence-corrected chi connectivity index (χ0v) is 15.5. The summed E-state index contributed by atoms with van der Waals surface area (Å²) in [6, 6.07) is 16.1. The lowest BCUT2D eigenvalue weighted by Gasteiger charge is -2.21. The maximum atomic E-state index is 12.5. The number of aliphatic imine (C=N–C) groups is 1. The quantitative estimate of drug-likeness (QED) is 0.762. The number of hydrogen-bond acceptors (Lipinski definition) is 4. The van der Waals surface area contributed by atoms with Crippen molar-refractivity contribution in [3.05, 3.63) is 70.9 Å². The number of ether oxygens (including phenoxy) is 1. The first-order valence-corrected chi connectivity index (χ1v) is 9.71. The van der Waals surface area contributed by atoms with E-state index in [1.165, 1.54) is 5.56 Å². The molecule has 0 aliphatic carbocycles. The van der Waals surface area contributed by atoms with Crippen LogP contribution in [0.3, 0.4) is 0 Å². The third kappa shape index (κ3) is 3.68. The molecule has 2 aliphatic heterocycles. The first-order chi connectivity index (χ1) is 12.7. The molecule has 0 saturated carbocycles. The molecule has 0 bridgehead atoms. The normalized spacial score (nSPS) is 18.0. The van der Waals surface area contributed by atoms with E-state index in [0.29, 0.717) is 12.3 Å². The van der Waals surface area contributed by atoms with Gasteiger partial charge in [-0.05, 0) is 42.7 Å². The van der Waals surface area contributed by atoms with E-state index in [9.17, 15) is 4.79 Å². The minimum absolute atomic E-state index is 0.00169. The van der Waals surface area contributed by atoms with Crippen LogP contribution in [0.25, 0.3) is 6.08 Å². The summed E-state index contributed by atoms with van der Waals surface area (Å²) in [5, 5.41) is 0.833. The Labute approximate surface area is 157 Å². The van der Waals surface area contributed by atoms with Gasteiger partial charge in [0.2, 0.25) is 0 Å². The molecule has 1 saturated heterocycles. The van der Waals surface area contributed by atoms with E-state index in [-0.39, 0.29) is 5.91 Å². The predicted octanol–water partition coefficient (Wildman–Crippen LogP) is 4.25. The molecule has 4 rings (SSSR count). The van der Waals surface area contributed by atoms with Crippen molar-refractivity contribution in [3.8, 4) is 5.75 Å². The molecule has 26 heavy (non-hydrogen) atoms. The number of hydrogen-bond donors (Lipinski definition) is 0. The van der Waals surface area contributed by atoms with Gasteiger partial charge in [0.15, 0.2) is 5.17 Å². The van der Waals surface area contributed by atoms with Gasteiger partial charge in [-0.2, -0.15) is 0 Å². The second-order valence-corrected chi connectivity index (χ2v) is 7.49. The zero-order valence-electron chi connectivity index (χ0n) is 14.6. The number of carbonyl (C=O) groups is 1. The number of amides is 1. The van der Waals surface area contributed by atoms with Crippen molar-refractivity contribution >= 4 is 28.9 Å². The first-order valence-electron chi connectivity index (χ1n) is 8.72. The van der Waals surface area contributed by atoms with Crippen molar-refractivity contribution in [2.75, 3.05) is 12.3 Å². The Morgan fingerprint density at radius 2 is 2.08 bits per heavy atom. The number of benzene rings is 2. The van der Waals surface area contributed by atoms with Gasteiger partial charge in [0.1, 0.15) is 18.1 Å². The van der Waals surface area contributed by atoms with Crippen LogP contribution in [-0.2, 0) is 11.4 Å². The Hall–Kier alpha value is -2.53. The molecule has 2 aromatic carbocycles. The van der Waals surface area contributed by atoms with Gasteiger partial charge in [-0.15, -0.1) is 0 Å². The molecule has 0 radical (unpaired) electrons. The Balaban J connectivity index is 1.48. The lowest BCUT2D eigenvalue weighted by atomic mass is 10.1. The highest BCUT2D eigenvalue weighted by Gasteiger charge is 2.32. The van der Waals surface area contributed by atoms with E-state index in [0.717, 1.165) is 40.8 Å². The third-order valence-corrected chi connectivity index (χ3v) is 5.42. The van der Waals surface area contributed by atoms with Crippen LogP contribution >= 0.6 is 11.8 Å². The number of carbonyl (C=O) groups excluding carboxylic acids is 1. The highest BCUT2D eigenvalue weighted by molar-refractivity contribution is 8.13. The third-order valence-electron chi connectivity index (χ3n) is 4.36. The minimum Gasteiger partial charge on any atom is -0.489 e. The van der Waals surface area contributed by atoms with E-state index in [2.05, 4.69) is 36.2 Å². The number of nitrogens with zero attached hydrogens (tertiary/aromatic N) is 2. The van der Waals surface area contributed by atoms with Crippen LogP contribution in [0.4, 0.5) is 0 Å². The second kappa shape index (κ2) is 7.38. The molecule has 2 aliphatic rings. The van der Waals surface area contributed by atoms with Crippen molar-refractivity contribution in [3.63, 3.8) is 0 Å². The topological polar surface area (TPSA) is 41.9 Å². The molecule has 0 atom stereocenters. The summed E-state index contributed by atoms with van der Waals surface area (Å²) in [7, 11) is 0. The molecule has 132 valence electrons. The molecule has 0 N–H and O–H groups in total. The van der Waals surface area contributed by atoms with Gasteiger partial charge in [-0.1, -0.05) is 53.7 Å². The van der Waals surface area contributed by atoms with Crippen LogP contribution in [-0.4, -0.2) is 28.3 Å². The number of rotatable bonds is 4. The molecule has 4 nitrogen and oxygen atoms in total. The van der Waals surface area contributed by atoms with Gasteiger partial charge < -0.3 is 4.74 Å². The van der Waals surface area contributed by atoms with E-state index < -0.39 is 0 Å². The molecule has 0 spiro atoms. The molecule has 2 aromatic rings. The molecule has 5 heteroatoms. The van der Waals surface area contributed by atoms with Crippen LogP contribution in [0.5, 0.6) is 5.75 Å². The van der Waals surface area contributed by atoms with Crippen molar-refractivity contribution in [1.29, 1.82) is 0 Å². The Bertz CT molecular complexity index is 887. The van der Waals surface area contributed by atoms with Crippen LogP contribution in [0.1, 0.15) is 23.1 Å². The molecule has 0 aromatic heterocycles. The first kappa shape index (κ1) is 16.9. The highest BCUT2D eigenvalue weighted by Crippen LogP contribution is 2.28. The summed E-state index contributed by atoms with van der Waals surface area (Å²) < 4.78 is 5.89. The van der Waals surface area contributed by atoms with E-state index in [1.54, 1.807) is 16.7 Å². The summed E-state index contributed by atoms with van der Waals surface area (Å²) in [5.41, 5.74) is 3.79. The van der Waals surface area contributed by atoms with Gasteiger partial charge in [0, 0.05) is 12.3 Å². The van der Waals surface area contributed by atoms with Crippen molar-refractivity contribution in [2.45, 2.75) is 20.0 Å². The van der Waals surface area contributed by atoms with Crippen molar-refractivity contribution < 1.29 is 9.53 Å². The van der Waals surface area contributed by atoms with Gasteiger partial charge in [0.05, 0.1) is 0 Å². The van der Waals surface area contributed by atoms with Gasteiger partial charge in [0.25, 0.3) is 5.91 Å². The maximum Gasteiger partial charge on any atom is 0.278 e.